The lowest BCUT2D eigenvalue weighted by Crippen LogP contribution is -2.13. The first-order valence-electron chi connectivity index (χ1n) is 3.67. The van der Waals surface area contributed by atoms with Gasteiger partial charge in [0.05, 0.1) is 5.75 Å². The topological polar surface area (TPSA) is 34.1 Å². The summed E-state index contributed by atoms with van der Waals surface area (Å²) in [6, 6.07) is 0. The van der Waals surface area contributed by atoms with Crippen LogP contribution in [0.2, 0.25) is 0 Å². The molecule has 1 atom stereocenters. The fraction of sp³-hybridized carbons (Fsp3) is 1.00. The molecule has 0 aromatic carbocycles. The lowest BCUT2D eigenvalue weighted by atomic mass is 10.1. The largest absolute Gasteiger partial charge is 0.229 e. The number of rotatable bonds is 3. The smallest absolute Gasteiger partial charge is 0.147 e. The molecule has 0 unspecified atom stereocenters. The number of hydrogen-bond donors (Lipinski definition) is 0. The maximum absolute atomic E-state index is 10.8. The molecule has 0 aliphatic heterocycles. The van der Waals surface area contributed by atoms with Crippen LogP contribution >= 0.6 is 0 Å². The first-order chi connectivity index (χ1) is 4.49. The molecule has 10 heavy (non-hydrogen) atoms. The van der Waals surface area contributed by atoms with E-state index in [-0.39, 0.29) is 0 Å². The van der Waals surface area contributed by atoms with Gasteiger partial charge in [-0.15, -0.1) is 0 Å². The minimum absolute atomic E-state index is 0.373. The van der Waals surface area contributed by atoms with Crippen molar-refractivity contribution in [2.75, 3.05) is 12.0 Å². The molecule has 1 fully saturated rings. The van der Waals surface area contributed by atoms with Gasteiger partial charge in [0.1, 0.15) is 9.84 Å². The molecule has 60 valence electrons. The molecule has 0 bridgehead atoms. The normalized spacial score (nSPS) is 22.6. The molecule has 2 nitrogen and oxygen atoms in total. The molecule has 0 heterocycles. The number of sulfone groups is 1. The average molecular weight is 162 g/mol. The fourth-order valence-electron chi connectivity index (χ4n) is 1.28. The van der Waals surface area contributed by atoms with Crippen molar-refractivity contribution in [1.82, 2.24) is 0 Å². The Morgan fingerprint density at radius 3 is 2.30 bits per heavy atom. The highest BCUT2D eigenvalue weighted by Gasteiger charge is 2.29. The first-order valence-corrected chi connectivity index (χ1v) is 5.73. The molecule has 0 radical (unpaired) electrons. The van der Waals surface area contributed by atoms with E-state index in [1.165, 1.54) is 19.1 Å². The second-order valence-corrected chi connectivity index (χ2v) is 5.59. The average Bonchev–Trinajstić information content (AvgIpc) is 2.35. The van der Waals surface area contributed by atoms with Crippen LogP contribution in [0.15, 0.2) is 0 Å². The molecule has 0 aromatic rings. The second kappa shape index (κ2) is 2.53. The van der Waals surface area contributed by atoms with Crippen molar-refractivity contribution in [3.8, 4) is 0 Å². The highest BCUT2D eigenvalue weighted by Crippen LogP contribution is 2.36. The zero-order valence-electron chi connectivity index (χ0n) is 6.50. The van der Waals surface area contributed by atoms with E-state index in [4.69, 9.17) is 0 Å². The standard InChI is InChI=1S/C7H14O2S/c1-6(7-3-4-7)5-10(2,8)9/h6-7H,3-5H2,1-2H3/t6-/m1/s1. The summed E-state index contributed by atoms with van der Waals surface area (Å²) in [6.07, 6.45) is 3.78. The Labute approximate surface area is 62.5 Å². The van der Waals surface area contributed by atoms with Crippen LogP contribution in [-0.2, 0) is 9.84 Å². The zero-order chi connectivity index (χ0) is 7.78. The Balaban J connectivity index is 2.37. The molecule has 0 spiro atoms. The highest BCUT2D eigenvalue weighted by atomic mass is 32.2. The van der Waals surface area contributed by atoms with Crippen molar-refractivity contribution < 1.29 is 8.42 Å². The van der Waals surface area contributed by atoms with Crippen LogP contribution in [0.3, 0.4) is 0 Å². The van der Waals surface area contributed by atoms with Crippen LogP contribution in [0.5, 0.6) is 0 Å². The zero-order valence-corrected chi connectivity index (χ0v) is 7.32. The second-order valence-electron chi connectivity index (χ2n) is 3.41. The lowest BCUT2D eigenvalue weighted by molar-refractivity contribution is 0.539. The summed E-state index contributed by atoms with van der Waals surface area (Å²) < 4.78 is 21.5. The van der Waals surface area contributed by atoms with Crippen molar-refractivity contribution in [3.63, 3.8) is 0 Å². The first kappa shape index (κ1) is 8.05. The molecular formula is C7H14O2S. The van der Waals surface area contributed by atoms with E-state index in [2.05, 4.69) is 0 Å². The minimum atomic E-state index is -2.73. The van der Waals surface area contributed by atoms with Crippen LogP contribution in [0.25, 0.3) is 0 Å². The predicted octanol–water partition coefficient (Wildman–Crippen LogP) is 1.08. The van der Waals surface area contributed by atoms with Crippen LogP contribution < -0.4 is 0 Å². The molecule has 0 saturated heterocycles. The Morgan fingerprint density at radius 1 is 1.50 bits per heavy atom. The van der Waals surface area contributed by atoms with Gasteiger partial charge in [0, 0.05) is 6.26 Å². The van der Waals surface area contributed by atoms with E-state index >= 15 is 0 Å². The SMILES string of the molecule is C[C@H](CS(C)(=O)=O)C1CC1. The third kappa shape index (κ3) is 2.69. The highest BCUT2D eigenvalue weighted by molar-refractivity contribution is 7.90. The van der Waals surface area contributed by atoms with Gasteiger partial charge in [-0.2, -0.15) is 0 Å². The summed E-state index contributed by atoms with van der Waals surface area (Å²) in [5.41, 5.74) is 0. The van der Waals surface area contributed by atoms with E-state index in [0.717, 1.165) is 0 Å². The van der Waals surface area contributed by atoms with Crippen LogP contribution in [0.1, 0.15) is 19.8 Å². The molecule has 1 saturated carbocycles. The monoisotopic (exact) mass is 162 g/mol. The van der Waals surface area contributed by atoms with Gasteiger partial charge >= 0.3 is 0 Å². The Hall–Kier alpha value is -0.0500. The van der Waals surface area contributed by atoms with Gasteiger partial charge in [0.2, 0.25) is 0 Å². The summed E-state index contributed by atoms with van der Waals surface area (Å²) in [5.74, 6) is 1.46. The van der Waals surface area contributed by atoms with Crippen LogP contribution in [-0.4, -0.2) is 20.4 Å². The minimum Gasteiger partial charge on any atom is -0.229 e. The van der Waals surface area contributed by atoms with Gasteiger partial charge in [-0.3, -0.25) is 0 Å². The van der Waals surface area contributed by atoms with Crippen LogP contribution in [0, 0.1) is 11.8 Å². The van der Waals surface area contributed by atoms with E-state index in [1.54, 1.807) is 0 Å². The summed E-state index contributed by atoms with van der Waals surface area (Å²) in [7, 11) is -2.73. The van der Waals surface area contributed by atoms with Crippen molar-refractivity contribution in [3.05, 3.63) is 0 Å². The van der Waals surface area contributed by atoms with Crippen molar-refractivity contribution in [1.29, 1.82) is 0 Å². The van der Waals surface area contributed by atoms with Gasteiger partial charge in [-0.25, -0.2) is 8.42 Å². The van der Waals surface area contributed by atoms with Gasteiger partial charge in [-0.05, 0) is 24.7 Å². The van der Waals surface area contributed by atoms with Crippen molar-refractivity contribution in [2.24, 2.45) is 11.8 Å². The van der Waals surface area contributed by atoms with E-state index in [1.807, 2.05) is 6.92 Å². The predicted molar refractivity (Wildman–Crippen MR) is 41.6 cm³/mol. The van der Waals surface area contributed by atoms with Crippen LogP contribution in [0.4, 0.5) is 0 Å². The Bertz CT molecular complexity index is 202. The van der Waals surface area contributed by atoms with Gasteiger partial charge < -0.3 is 0 Å². The van der Waals surface area contributed by atoms with E-state index < -0.39 is 9.84 Å². The lowest BCUT2D eigenvalue weighted by Gasteiger charge is -2.06. The molecule has 1 aliphatic rings. The maximum atomic E-state index is 10.8. The fourth-order valence-corrected chi connectivity index (χ4v) is 2.51. The molecule has 0 amide bonds. The summed E-state index contributed by atoms with van der Waals surface area (Å²) in [6.45, 7) is 2.03. The number of hydrogen-bond acceptors (Lipinski definition) is 2. The molecule has 3 heteroatoms. The van der Waals surface area contributed by atoms with Gasteiger partial charge in [0.15, 0.2) is 0 Å². The third-order valence-electron chi connectivity index (χ3n) is 1.99. The molecule has 0 aromatic heterocycles. The van der Waals surface area contributed by atoms with Gasteiger partial charge in [0.25, 0.3) is 0 Å². The Morgan fingerprint density at radius 2 is 2.00 bits per heavy atom. The Kier molecular flexibility index (Phi) is 2.04. The quantitative estimate of drug-likeness (QED) is 0.622. The summed E-state index contributed by atoms with van der Waals surface area (Å²) in [5, 5.41) is 0. The summed E-state index contributed by atoms with van der Waals surface area (Å²) in [4.78, 5) is 0. The van der Waals surface area contributed by atoms with E-state index in [9.17, 15) is 8.42 Å². The van der Waals surface area contributed by atoms with Crippen molar-refractivity contribution >= 4 is 9.84 Å². The molecule has 0 N–H and O–H groups in total. The third-order valence-corrected chi connectivity index (χ3v) is 3.12. The summed E-state index contributed by atoms with van der Waals surface area (Å²) >= 11 is 0. The molecule has 1 aliphatic carbocycles. The van der Waals surface area contributed by atoms with Gasteiger partial charge in [-0.1, -0.05) is 6.92 Å². The molecule has 1 rings (SSSR count). The molecular weight excluding hydrogens is 148 g/mol. The van der Waals surface area contributed by atoms with E-state index in [0.29, 0.717) is 17.6 Å². The maximum Gasteiger partial charge on any atom is 0.147 e. The van der Waals surface area contributed by atoms with Crippen molar-refractivity contribution in [2.45, 2.75) is 19.8 Å².